The van der Waals surface area contributed by atoms with Gasteiger partial charge in [0.15, 0.2) is 0 Å². The van der Waals surface area contributed by atoms with Crippen LogP contribution in [0.15, 0.2) is 60.9 Å². The number of aryl methyl sites for hydroxylation is 1. The quantitative estimate of drug-likeness (QED) is 0.639. The van der Waals surface area contributed by atoms with Gasteiger partial charge in [-0.25, -0.2) is 4.98 Å². The molecule has 2 fully saturated rings. The summed E-state index contributed by atoms with van der Waals surface area (Å²) in [6.07, 6.45) is 3.47. The summed E-state index contributed by atoms with van der Waals surface area (Å²) in [7, 11) is 3.57. The highest BCUT2D eigenvalue weighted by atomic mass is 16.5. The molecule has 3 atom stereocenters. The van der Waals surface area contributed by atoms with Crippen molar-refractivity contribution in [3.05, 3.63) is 77.7 Å². The molecule has 2 aliphatic rings. The lowest BCUT2D eigenvalue weighted by Crippen LogP contribution is -2.35. The van der Waals surface area contributed by atoms with Crippen LogP contribution in [-0.4, -0.2) is 57.2 Å². The number of carbonyl (C=O) groups is 1. The fraction of sp³-hybridized carbons (Fsp3) is 0.375. The molecule has 0 radical (unpaired) electrons. The summed E-state index contributed by atoms with van der Waals surface area (Å²) in [5.74, 6) is 1.41. The van der Waals surface area contributed by atoms with Crippen molar-refractivity contribution >= 4 is 5.91 Å². The van der Waals surface area contributed by atoms with Gasteiger partial charge in [-0.15, -0.1) is 0 Å². The number of pyridine rings is 1. The molecule has 0 spiro atoms. The average Bonchev–Trinajstić information content (AvgIpc) is 3.48. The first-order valence-electron chi connectivity index (χ1n) is 10.7. The third kappa shape index (κ3) is 3.70. The molecule has 3 aromatic rings. The van der Waals surface area contributed by atoms with Crippen molar-refractivity contribution in [3.8, 4) is 5.88 Å². The third-order valence-corrected chi connectivity index (χ3v) is 6.64. The van der Waals surface area contributed by atoms with E-state index in [9.17, 15) is 4.79 Å². The summed E-state index contributed by atoms with van der Waals surface area (Å²) < 4.78 is 7.08. The van der Waals surface area contributed by atoms with Gasteiger partial charge in [0, 0.05) is 57.6 Å². The predicted octanol–water partition coefficient (Wildman–Crippen LogP) is 2.77. The average molecular weight is 418 g/mol. The summed E-state index contributed by atoms with van der Waals surface area (Å²) in [4.78, 5) is 22.2. The lowest BCUT2D eigenvalue weighted by Gasteiger charge is -2.30. The Morgan fingerprint density at radius 2 is 1.94 bits per heavy atom. The zero-order valence-corrected chi connectivity index (χ0v) is 17.9. The minimum atomic E-state index is 0.0385. The maximum Gasteiger partial charge on any atom is 0.255 e. The van der Waals surface area contributed by atoms with Gasteiger partial charge in [0.25, 0.3) is 5.91 Å². The highest BCUT2D eigenvalue weighted by molar-refractivity contribution is 5.94. The van der Waals surface area contributed by atoms with Gasteiger partial charge in [-0.2, -0.15) is 5.10 Å². The molecule has 2 aromatic heterocycles. The first-order valence-corrected chi connectivity index (χ1v) is 10.7. The second-order valence-corrected chi connectivity index (χ2v) is 8.47. The van der Waals surface area contributed by atoms with Gasteiger partial charge in [0.05, 0.1) is 24.4 Å². The number of ether oxygens (including phenoxy) is 1. The summed E-state index contributed by atoms with van der Waals surface area (Å²) >= 11 is 0. The predicted molar refractivity (Wildman–Crippen MR) is 116 cm³/mol. The van der Waals surface area contributed by atoms with Crippen molar-refractivity contribution in [1.82, 2.24) is 24.6 Å². The van der Waals surface area contributed by atoms with Crippen LogP contribution in [0.5, 0.6) is 5.88 Å². The van der Waals surface area contributed by atoms with Gasteiger partial charge in [0.2, 0.25) is 5.88 Å². The SMILES string of the molecule is COc1ccc(C(=O)N2C[C@@H]3CN(Cc4ccnn4C)C[C@@H]3[C@H]2c2ccccc2)cn1. The van der Waals surface area contributed by atoms with Crippen molar-refractivity contribution in [3.63, 3.8) is 0 Å². The van der Waals surface area contributed by atoms with Crippen LogP contribution in [0, 0.1) is 11.8 Å². The van der Waals surface area contributed by atoms with E-state index in [0.717, 1.165) is 26.2 Å². The molecule has 0 aliphatic carbocycles. The fourth-order valence-electron chi connectivity index (χ4n) is 5.13. The van der Waals surface area contributed by atoms with E-state index < -0.39 is 0 Å². The number of fused-ring (bicyclic) bond motifs is 1. The van der Waals surface area contributed by atoms with Crippen molar-refractivity contribution in [1.29, 1.82) is 0 Å². The van der Waals surface area contributed by atoms with E-state index >= 15 is 0 Å². The van der Waals surface area contributed by atoms with Gasteiger partial charge < -0.3 is 9.64 Å². The Labute approximate surface area is 182 Å². The number of aromatic nitrogens is 3. The van der Waals surface area contributed by atoms with Crippen LogP contribution >= 0.6 is 0 Å². The molecule has 7 nitrogen and oxygen atoms in total. The molecular weight excluding hydrogens is 390 g/mol. The van der Waals surface area contributed by atoms with E-state index in [4.69, 9.17) is 4.74 Å². The second-order valence-electron chi connectivity index (χ2n) is 8.47. The van der Waals surface area contributed by atoms with Crippen LogP contribution in [0.4, 0.5) is 0 Å². The first-order chi connectivity index (χ1) is 15.1. The lowest BCUT2D eigenvalue weighted by atomic mass is 9.89. The number of carbonyl (C=O) groups excluding carboxylic acids is 1. The van der Waals surface area contributed by atoms with Gasteiger partial charge in [0.1, 0.15) is 0 Å². The van der Waals surface area contributed by atoms with Gasteiger partial charge >= 0.3 is 0 Å². The molecule has 31 heavy (non-hydrogen) atoms. The van der Waals surface area contributed by atoms with Gasteiger partial charge in [-0.1, -0.05) is 30.3 Å². The standard InChI is InChI=1S/C24H27N5O2/c1-27-20(10-11-26-27)15-28-13-19-14-29(24(30)18-8-9-22(31-2)25-12-18)23(21(19)16-28)17-6-4-3-5-7-17/h3-12,19,21,23H,13-16H2,1-2H3/t19-,21-,23+/m0/s1. The van der Waals surface area contributed by atoms with Crippen LogP contribution in [0.1, 0.15) is 27.7 Å². The smallest absolute Gasteiger partial charge is 0.255 e. The molecule has 160 valence electrons. The van der Waals surface area contributed by atoms with Crippen molar-refractivity contribution in [2.75, 3.05) is 26.7 Å². The van der Waals surface area contributed by atoms with Crippen LogP contribution in [0.3, 0.4) is 0 Å². The van der Waals surface area contributed by atoms with Crippen molar-refractivity contribution in [2.24, 2.45) is 18.9 Å². The molecule has 0 saturated carbocycles. The Morgan fingerprint density at radius 3 is 2.61 bits per heavy atom. The molecular formula is C24H27N5O2. The number of rotatable bonds is 5. The molecule has 0 N–H and O–H groups in total. The molecule has 5 rings (SSSR count). The topological polar surface area (TPSA) is 63.5 Å². The minimum absolute atomic E-state index is 0.0385. The number of likely N-dealkylation sites (tertiary alicyclic amines) is 2. The Hall–Kier alpha value is -3.19. The summed E-state index contributed by atoms with van der Waals surface area (Å²) in [6, 6.07) is 16.1. The summed E-state index contributed by atoms with van der Waals surface area (Å²) in [6.45, 7) is 3.61. The lowest BCUT2D eigenvalue weighted by molar-refractivity contribution is 0.0699. The number of methoxy groups -OCH3 is 1. The van der Waals surface area contributed by atoms with E-state index in [2.05, 4.69) is 50.2 Å². The number of nitrogens with zero attached hydrogens (tertiary/aromatic N) is 5. The Morgan fingerprint density at radius 1 is 1.10 bits per heavy atom. The van der Waals surface area contributed by atoms with E-state index in [0.29, 0.717) is 23.3 Å². The number of hydrogen-bond donors (Lipinski definition) is 0. The normalized spacial score (nSPS) is 23.2. The monoisotopic (exact) mass is 417 g/mol. The van der Waals surface area contributed by atoms with Gasteiger partial charge in [-0.3, -0.25) is 14.4 Å². The van der Waals surface area contributed by atoms with Crippen molar-refractivity contribution in [2.45, 2.75) is 12.6 Å². The molecule has 7 heteroatoms. The summed E-state index contributed by atoms with van der Waals surface area (Å²) in [5, 5.41) is 4.30. The molecule has 2 aliphatic heterocycles. The highest BCUT2D eigenvalue weighted by Crippen LogP contribution is 2.45. The maximum absolute atomic E-state index is 13.5. The van der Waals surface area contributed by atoms with E-state index in [1.54, 1.807) is 25.4 Å². The Balaban J connectivity index is 1.40. The molecule has 2 saturated heterocycles. The molecule has 0 unspecified atom stereocenters. The molecule has 1 amide bonds. The van der Waals surface area contributed by atoms with Crippen molar-refractivity contribution < 1.29 is 9.53 Å². The Kier molecular flexibility index (Phi) is 5.19. The van der Waals surface area contributed by atoms with E-state index in [1.807, 2.05) is 24.0 Å². The van der Waals surface area contributed by atoms with Crippen LogP contribution in [0.2, 0.25) is 0 Å². The van der Waals surface area contributed by atoms with E-state index in [-0.39, 0.29) is 11.9 Å². The number of benzene rings is 1. The highest BCUT2D eigenvalue weighted by Gasteiger charge is 2.49. The third-order valence-electron chi connectivity index (χ3n) is 6.64. The number of amides is 1. The zero-order chi connectivity index (χ0) is 21.4. The first kappa shape index (κ1) is 19.8. The fourth-order valence-corrected chi connectivity index (χ4v) is 5.13. The van der Waals surface area contributed by atoms with Crippen LogP contribution in [-0.2, 0) is 13.6 Å². The summed E-state index contributed by atoms with van der Waals surface area (Å²) in [5.41, 5.74) is 3.02. The molecule has 0 bridgehead atoms. The molecule has 4 heterocycles. The maximum atomic E-state index is 13.5. The molecule has 1 aromatic carbocycles. The second kappa shape index (κ2) is 8.15. The number of hydrogen-bond acceptors (Lipinski definition) is 5. The minimum Gasteiger partial charge on any atom is -0.481 e. The zero-order valence-electron chi connectivity index (χ0n) is 17.9. The Bertz CT molecular complexity index is 1050. The largest absolute Gasteiger partial charge is 0.481 e. The van der Waals surface area contributed by atoms with Crippen LogP contribution < -0.4 is 4.74 Å². The van der Waals surface area contributed by atoms with E-state index in [1.165, 1.54) is 11.3 Å². The van der Waals surface area contributed by atoms with Crippen LogP contribution in [0.25, 0.3) is 0 Å². The van der Waals surface area contributed by atoms with Gasteiger partial charge in [-0.05, 0) is 23.6 Å².